The maximum absolute atomic E-state index is 10.9. The minimum absolute atomic E-state index is 0.322. The van der Waals surface area contributed by atoms with Crippen molar-refractivity contribution in [2.75, 3.05) is 38.2 Å². The van der Waals surface area contributed by atoms with E-state index in [-0.39, 0.29) is 0 Å². The second-order valence-electron chi connectivity index (χ2n) is 3.52. The molecule has 3 N–H and O–H groups in total. The van der Waals surface area contributed by atoms with Crippen LogP contribution in [0, 0.1) is 0 Å². The van der Waals surface area contributed by atoms with Gasteiger partial charge in [-0.2, -0.15) is 4.31 Å². The molecule has 0 atom stereocenters. The average Bonchev–Trinajstić information content (AvgIpc) is 2.31. The van der Waals surface area contributed by atoms with E-state index in [9.17, 15) is 8.42 Å². The number of anilines is 1. The number of hydrogen-bond acceptors (Lipinski definition) is 6. The van der Waals surface area contributed by atoms with Gasteiger partial charge in [-0.25, -0.2) is 18.4 Å². The third-order valence-electron chi connectivity index (χ3n) is 2.13. The molecule has 96 valence electrons. The Hall–Kier alpha value is -1.25. The van der Waals surface area contributed by atoms with Gasteiger partial charge in [-0.15, -0.1) is 0 Å². The molecule has 0 bridgehead atoms. The molecule has 0 saturated carbocycles. The molecular weight excluding hydrogens is 242 g/mol. The number of piperazine rings is 1. The fourth-order valence-corrected chi connectivity index (χ4v) is 2.13. The smallest absolute Gasteiger partial charge is 0.219 e. The summed E-state index contributed by atoms with van der Waals surface area (Å²) in [6, 6.07) is 1.72. The zero-order valence-corrected chi connectivity index (χ0v) is 10.5. The van der Waals surface area contributed by atoms with Gasteiger partial charge < -0.3 is 11.1 Å². The van der Waals surface area contributed by atoms with Crippen LogP contribution in [-0.2, 0) is 10.0 Å². The van der Waals surface area contributed by atoms with Crippen molar-refractivity contribution in [1.29, 1.82) is 0 Å². The van der Waals surface area contributed by atoms with Crippen LogP contribution in [0.5, 0.6) is 0 Å². The van der Waals surface area contributed by atoms with Crippen molar-refractivity contribution in [3.63, 3.8) is 0 Å². The fraction of sp³-hybridized carbons (Fsp3) is 0.556. The molecule has 0 aliphatic carbocycles. The first-order valence-electron chi connectivity index (χ1n) is 5.18. The van der Waals surface area contributed by atoms with Crippen molar-refractivity contribution in [1.82, 2.24) is 19.6 Å². The van der Waals surface area contributed by atoms with E-state index in [1.165, 1.54) is 10.6 Å². The van der Waals surface area contributed by atoms with E-state index in [1.807, 2.05) is 0 Å². The molecule has 1 fully saturated rings. The predicted octanol–water partition coefficient (Wildman–Crippen LogP) is -1.09. The molecule has 0 amide bonds. The number of nitrogens with one attached hydrogen (secondary N) is 1. The van der Waals surface area contributed by atoms with Crippen LogP contribution in [0.15, 0.2) is 18.5 Å². The first kappa shape index (κ1) is 13.8. The molecule has 0 aromatic carbocycles. The average molecular weight is 259 g/mol. The molecular formula is C9H17N5O2S. The summed E-state index contributed by atoms with van der Waals surface area (Å²) in [4.78, 5) is 7.29. The summed E-state index contributed by atoms with van der Waals surface area (Å²) in [5, 5.41) is 3.08. The molecule has 1 aromatic rings. The third kappa shape index (κ3) is 5.57. The summed E-state index contributed by atoms with van der Waals surface area (Å²) < 4.78 is 23.3. The molecule has 17 heavy (non-hydrogen) atoms. The highest BCUT2D eigenvalue weighted by Crippen LogP contribution is 1.97. The second kappa shape index (κ2) is 6.48. The Morgan fingerprint density at radius 1 is 1.29 bits per heavy atom. The van der Waals surface area contributed by atoms with Crippen LogP contribution in [0.25, 0.3) is 0 Å². The monoisotopic (exact) mass is 259 g/mol. The lowest BCUT2D eigenvalue weighted by molar-refractivity contribution is 0.363. The number of nitrogen functional groups attached to an aromatic ring is 1. The Kier molecular flexibility index (Phi) is 5.26. The van der Waals surface area contributed by atoms with Gasteiger partial charge in [0, 0.05) is 38.6 Å². The van der Waals surface area contributed by atoms with E-state index >= 15 is 0 Å². The number of hydrogen-bond donors (Lipinski definition) is 2. The summed E-state index contributed by atoms with van der Waals surface area (Å²) in [5.74, 6) is 0.322. The van der Waals surface area contributed by atoms with Crippen LogP contribution in [0.2, 0.25) is 0 Å². The second-order valence-corrected chi connectivity index (χ2v) is 5.50. The summed E-state index contributed by atoms with van der Waals surface area (Å²) in [6.45, 7) is 2.76. The highest BCUT2D eigenvalue weighted by Gasteiger charge is 2.17. The molecule has 0 radical (unpaired) electrons. The highest BCUT2D eigenvalue weighted by molar-refractivity contribution is 7.88. The van der Waals surface area contributed by atoms with E-state index in [4.69, 9.17) is 5.73 Å². The van der Waals surface area contributed by atoms with Crippen molar-refractivity contribution < 1.29 is 8.42 Å². The molecule has 0 spiro atoms. The standard InChI is InChI=1S/C5H12N2O2S.C4H5N3/c1-10(8,9)7-4-2-6-3-5-7;5-4-6-2-1-3-7-4/h6H,2-5H2,1H3;1-3H,(H2,5,6,7). The van der Waals surface area contributed by atoms with E-state index in [2.05, 4.69) is 15.3 Å². The fourth-order valence-electron chi connectivity index (χ4n) is 1.29. The van der Waals surface area contributed by atoms with Gasteiger partial charge in [-0.05, 0) is 6.07 Å². The summed E-state index contributed by atoms with van der Waals surface area (Å²) in [5.41, 5.74) is 5.14. The molecule has 1 aliphatic rings. The Morgan fingerprint density at radius 3 is 2.12 bits per heavy atom. The molecule has 1 aliphatic heterocycles. The zero-order chi connectivity index (χ0) is 12.7. The number of nitrogens with zero attached hydrogens (tertiary/aromatic N) is 3. The summed E-state index contributed by atoms with van der Waals surface area (Å²) >= 11 is 0. The molecule has 0 unspecified atom stereocenters. The number of sulfonamides is 1. The normalized spacial score (nSPS) is 17.0. The lowest BCUT2D eigenvalue weighted by atomic mass is 10.4. The van der Waals surface area contributed by atoms with Gasteiger partial charge in [0.25, 0.3) is 0 Å². The molecule has 1 saturated heterocycles. The first-order chi connectivity index (χ1) is 8.00. The zero-order valence-electron chi connectivity index (χ0n) is 9.70. The predicted molar refractivity (Wildman–Crippen MR) is 65.7 cm³/mol. The number of rotatable bonds is 1. The van der Waals surface area contributed by atoms with Gasteiger partial charge >= 0.3 is 0 Å². The van der Waals surface area contributed by atoms with Crippen molar-refractivity contribution in [3.05, 3.63) is 18.5 Å². The van der Waals surface area contributed by atoms with E-state index in [1.54, 1.807) is 18.5 Å². The van der Waals surface area contributed by atoms with Crippen molar-refractivity contribution in [2.45, 2.75) is 0 Å². The Bertz CT molecular complexity index is 416. The molecule has 2 rings (SSSR count). The Morgan fingerprint density at radius 2 is 1.82 bits per heavy atom. The van der Waals surface area contributed by atoms with Crippen molar-refractivity contribution in [3.8, 4) is 0 Å². The van der Waals surface area contributed by atoms with Gasteiger partial charge in [0.05, 0.1) is 6.26 Å². The van der Waals surface area contributed by atoms with E-state index in [0.29, 0.717) is 19.0 Å². The van der Waals surface area contributed by atoms with Crippen LogP contribution in [0.3, 0.4) is 0 Å². The molecule has 1 aromatic heterocycles. The lowest BCUT2D eigenvalue weighted by Crippen LogP contribution is -2.45. The number of aromatic nitrogens is 2. The van der Waals surface area contributed by atoms with Gasteiger partial charge in [0.1, 0.15) is 0 Å². The first-order valence-corrected chi connectivity index (χ1v) is 7.03. The molecule has 8 heteroatoms. The minimum atomic E-state index is -2.93. The summed E-state index contributed by atoms with van der Waals surface area (Å²) in [7, 11) is -2.93. The Labute approximate surface area is 101 Å². The molecule has 2 heterocycles. The van der Waals surface area contributed by atoms with Crippen molar-refractivity contribution in [2.24, 2.45) is 0 Å². The molecule has 7 nitrogen and oxygen atoms in total. The largest absolute Gasteiger partial charge is 0.368 e. The third-order valence-corrected chi connectivity index (χ3v) is 3.43. The van der Waals surface area contributed by atoms with Crippen LogP contribution in [0.4, 0.5) is 5.95 Å². The number of nitrogens with two attached hydrogens (primary N) is 1. The maximum atomic E-state index is 10.9. The van der Waals surface area contributed by atoms with Crippen LogP contribution >= 0.6 is 0 Å². The van der Waals surface area contributed by atoms with Crippen molar-refractivity contribution >= 4 is 16.0 Å². The Balaban J connectivity index is 0.000000181. The SMILES string of the molecule is CS(=O)(=O)N1CCNCC1.Nc1ncccn1. The van der Waals surface area contributed by atoms with Gasteiger partial charge in [-0.3, -0.25) is 0 Å². The highest BCUT2D eigenvalue weighted by atomic mass is 32.2. The van der Waals surface area contributed by atoms with Crippen LogP contribution in [0.1, 0.15) is 0 Å². The van der Waals surface area contributed by atoms with E-state index < -0.39 is 10.0 Å². The maximum Gasteiger partial charge on any atom is 0.219 e. The topological polar surface area (TPSA) is 101 Å². The quantitative estimate of drug-likeness (QED) is 0.664. The van der Waals surface area contributed by atoms with Gasteiger partial charge in [0.2, 0.25) is 16.0 Å². The lowest BCUT2D eigenvalue weighted by Gasteiger charge is -2.24. The van der Waals surface area contributed by atoms with Crippen LogP contribution < -0.4 is 11.1 Å². The van der Waals surface area contributed by atoms with E-state index in [0.717, 1.165) is 13.1 Å². The van der Waals surface area contributed by atoms with Gasteiger partial charge in [-0.1, -0.05) is 0 Å². The van der Waals surface area contributed by atoms with Gasteiger partial charge in [0.15, 0.2) is 0 Å². The minimum Gasteiger partial charge on any atom is -0.368 e. The van der Waals surface area contributed by atoms with Crippen LogP contribution in [-0.4, -0.2) is 55.1 Å². The summed E-state index contributed by atoms with van der Waals surface area (Å²) in [6.07, 6.45) is 4.45.